The summed E-state index contributed by atoms with van der Waals surface area (Å²) < 4.78 is 0. The third kappa shape index (κ3) is 5.53. The first-order valence-electron chi connectivity index (χ1n) is 8.96. The molecule has 1 heterocycles. The molecule has 3 rings (SSSR count). The van der Waals surface area contributed by atoms with Crippen molar-refractivity contribution in [2.75, 3.05) is 31.3 Å². The number of carbonyl (C=O) groups excluding carboxylic acids is 1. The SMILES string of the molecule is CN(C)c1cccc(C2CCCN2C(=O)CCc2ccccc2N)c1.Cl.Cl. The first-order valence-corrected chi connectivity index (χ1v) is 8.96. The number of nitrogen functional groups attached to an aromatic ring is 1. The van der Waals surface area contributed by atoms with Gasteiger partial charge >= 0.3 is 0 Å². The third-order valence-electron chi connectivity index (χ3n) is 5.01. The van der Waals surface area contributed by atoms with Gasteiger partial charge < -0.3 is 15.5 Å². The number of benzene rings is 2. The average molecular weight is 410 g/mol. The highest BCUT2D eigenvalue weighted by atomic mass is 35.5. The summed E-state index contributed by atoms with van der Waals surface area (Å²) in [7, 11) is 4.09. The van der Waals surface area contributed by atoms with Crippen molar-refractivity contribution in [2.24, 2.45) is 0 Å². The molecule has 1 aliphatic rings. The molecule has 0 radical (unpaired) electrons. The minimum atomic E-state index is 0. The highest BCUT2D eigenvalue weighted by molar-refractivity contribution is 5.85. The van der Waals surface area contributed by atoms with E-state index in [9.17, 15) is 4.79 Å². The predicted octanol–water partition coefficient (Wildman–Crippen LogP) is 4.47. The second-order valence-corrected chi connectivity index (χ2v) is 6.93. The van der Waals surface area contributed by atoms with Gasteiger partial charge in [0.15, 0.2) is 0 Å². The van der Waals surface area contributed by atoms with Crippen molar-refractivity contribution in [3.8, 4) is 0 Å². The monoisotopic (exact) mass is 409 g/mol. The lowest BCUT2D eigenvalue weighted by Crippen LogP contribution is -2.30. The number of aryl methyl sites for hydroxylation is 1. The minimum Gasteiger partial charge on any atom is -0.399 e. The van der Waals surface area contributed by atoms with Gasteiger partial charge in [-0.1, -0.05) is 30.3 Å². The normalized spacial score (nSPS) is 15.6. The van der Waals surface area contributed by atoms with Crippen LogP contribution in [-0.4, -0.2) is 31.4 Å². The lowest BCUT2D eigenvalue weighted by molar-refractivity contribution is -0.132. The number of nitrogens with zero attached hydrogens (tertiary/aromatic N) is 2. The second kappa shape index (κ2) is 10.4. The predicted molar refractivity (Wildman–Crippen MR) is 118 cm³/mol. The van der Waals surface area contributed by atoms with E-state index in [1.54, 1.807) is 0 Å². The van der Waals surface area contributed by atoms with Crippen LogP contribution in [0.5, 0.6) is 0 Å². The average Bonchev–Trinajstić information content (AvgIpc) is 3.11. The van der Waals surface area contributed by atoms with Gasteiger partial charge in [-0.2, -0.15) is 0 Å². The van der Waals surface area contributed by atoms with E-state index in [0.29, 0.717) is 12.8 Å². The van der Waals surface area contributed by atoms with Crippen LogP contribution in [0.3, 0.4) is 0 Å². The molecule has 1 amide bonds. The Labute approximate surface area is 174 Å². The quantitative estimate of drug-likeness (QED) is 0.740. The molecule has 1 fully saturated rings. The van der Waals surface area contributed by atoms with Gasteiger partial charge in [-0.15, -0.1) is 24.8 Å². The van der Waals surface area contributed by atoms with E-state index in [2.05, 4.69) is 29.2 Å². The molecule has 0 aliphatic carbocycles. The second-order valence-electron chi connectivity index (χ2n) is 6.93. The summed E-state index contributed by atoms with van der Waals surface area (Å²) >= 11 is 0. The maximum absolute atomic E-state index is 12.8. The molecule has 0 spiro atoms. The van der Waals surface area contributed by atoms with Crippen LogP contribution < -0.4 is 10.6 Å². The lowest BCUT2D eigenvalue weighted by Gasteiger charge is -2.26. The molecule has 1 saturated heterocycles. The number of nitrogens with two attached hydrogens (primary N) is 1. The highest BCUT2D eigenvalue weighted by Crippen LogP contribution is 2.34. The maximum atomic E-state index is 12.8. The molecular weight excluding hydrogens is 381 g/mol. The molecule has 27 heavy (non-hydrogen) atoms. The zero-order chi connectivity index (χ0) is 17.8. The van der Waals surface area contributed by atoms with Crippen molar-refractivity contribution in [1.82, 2.24) is 4.90 Å². The Morgan fingerprint density at radius 3 is 2.59 bits per heavy atom. The van der Waals surface area contributed by atoms with E-state index in [4.69, 9.17) is 5.73 Å². The van der Waals surface area contributed by atoms with E-state index < -0.39 is 0 Å². The fourth-order valence-electron chi connectivity index (χ4n) is 3.57. The number of amides is 1. The lowest BCUT2D eigenvalue weighted by atomic mass is 10.0. The fourth-order valence-corrected chi connectivity index (χ4v) is 3.57. The van der Waals surface area contributed by atoms with Gasteiger partial charge in [-0.25, -0.2) is 0 Å². The Balaban J connectivity index is 0.00000182. The Bertz CT molecular complexity index is 752. The van der Waals surface area contributed by atoms with Crippen molar-refractivity contribution >= 4 is 42.1 Å². The van der Waals surface area contributed by atoms with Crippen LogP contribution in [0.2, 0.25) is 0 Å². The Morgan fingerprint density at radius 2 is 1.89 bits per heavy atom. The zero-order valence-corrected chi connectivity index (χ0v) is 17.6. The summed E-state index contributed by atoms with van der Waals surface area (Å²) in [6.45, 7) is 0.847. The smallest absolute Gasteiger partial charge is 0.223 e. The fraction of sp³-hybridized carbons (Fsp3) is 0.381. The molecule has 2 aromatic rings. The van der Waals surface area contributed by atoms with Crippen LogP contribution in [0.4, 0.5) is 11.4 Å². The number of para-hydroxylation sites is 1. The maximum Gasteiger partial charge on any atom is 0.223 e. The summed E-state index contributed by atoms with van der Waals surface area (Å²) in [5.74, 6) is 0.223. The van der Waals surface area contributed by atoms with Crippen LogP contribution in [0.15, 0.2) is 48.5 Å². The van der Waals surface area contributed by atoms with E-state index in [1.165, 1.54) is 11.3 Å². The summed E-state index contributed by atoms with van der Waals surface area (Å²) in [5.41, 5.74) is 10.2. The van der Waals surface area contributed by atoms with Crippen LogP contribution in [0.1, 0.15) is 36.4 Å². The number of rotatable bonds is 5. The highest BCUT2D eigenvalue weighted by Gasteiger charge is 2.29. The summed E-state index contributed by atoms with van der Waals surface area (Å²) in [6, 6.07) is 16.5. The molecule has 2 N–H and O–H groups in total. The first-order chi connectivity index (χ1) is 12.1. The van der Waals surface area contributed by atoms with Gasteiger partial charge in [-0.05, 0) is 48.6 Å². The molecule has 1 aliphatic heterocycles. The van der Waals surface area contributed by atoms with Crippen molar-refractivity contribution in [3.05, 3.63) is 59.7 Å². The Kier molecular flexibility index (Phi) is 8.94. The summed E-state index contributed by atoms with van der Waals surface area (Å²) in [5, 5.41) is 0. The molecule has 0 saturated carbocycles. The van der Waals surface area contributed by atoms with E-state index in [-0.39, 0.29) is 36.8 Å². The zero-order valence-electron chi connectivity index (χ0n) is 15.9. The molecule has 6 heteroatoms. The van der Waals surface area contributed by atoms with Crippen LogP contribution in [-0.2, 0) is 11.2 Å². The number of carbonyl (C=O) groups is 1. The van der Waals surface area contributed by atoms with Crippen LogP contribution in [0.25, 0.3) is 0 Å². The molecule has 1 atom stereocenters. The van der Waals surface area contributed by atoms with E-state index in [1.807, 2.05) is 43.3 Å². The number of anilines is 2. The van der Waals surface area contributed by atoms with Gasteiger partial charge in [0, 0.05) is 38.4 Å². The molecule has 0 aromatic heterocycles. The van der Waals surface area contributed by atoms with Gasteiger partial charge in [0.1, 0.15) is 0 Å². The summed E-state index contributed by atoms with van der Waals surface area (Å²) in [6.07, 6.45) is 3.32. The van der Waals surface area contributed by atoms with Gasteiger partial charge in [0.25, 0.3) is 0 Å². The topological polar surface area (TPSA) is 49.6 Å². The van der Waals surface area contributed by atoms with Gasteiger partial charge in [0.2, 0.25) is 5.91 Å². The Hall–Kier alpha value is -1.91. The number of halogens is 2. The van der Waals surface area contributed by atoms with Crippen LogP contribution >= 0.6 is 24.8 Å². The first kappa shape index (κ1) is 23.1. The molecule has 148 valence electrons. The number of likely N-dealkylation sites (tertiary alicyclic amines) is 1. The summed E-state index contributed by atoms with van der Waals surface area (Å²) in [4.78, 5) is 17.0. The molecule has 1 unspecified atom stereocenters. The number of hydrogen-bond donors (Lipinski definition) is 1. The van der Waals surface area contributed by atoms with Crippen LogP contribution in [0, 0.1) is 0 Å². The van der Waals surface area contributed by atoms with Crippen molar-refractivity contribution in [1.29, 1.82) is 0 Å². The number of hydrogen-bond acceptors (Lipinski definition) is 3. The molecule has 4 nitrogen and oxygen atoms in total. The van der Waals surface area contributed by atoms with Gasteiger partial charge in [0.05, 0.1) is 6.04 Å². The van der Waals surface area contributed by atoms with Crippen molar-refractivity contribution in [3.63, 3.8) is 0 Å². The minimum absolute atomic E-state index is 0. The molecular formula is C21H29Cl2N3O. The van der Waals surface area contributed by atoms with Gasteiger partial charge in [-0.3, -0.25) is 4.79 Å². The van der Waals surface area contributed by atoms with E-state index >= 15 is 0 Å². The molecule has 2 aromatic carbocycles. The van der Waals surface area contributed by atoms with Crippen molar-refractivity contribution < 1.29 is 4.79 Å². The van der Waals surface area contributed by atoms with E-state index in [0.717, 1.165) is 30.6 Å². The standard InChI is InChI=1S/C21H27N3O.2ClH/c1-23(2)18-9-5-8-17(15-18)20-11-6-14-24(20)21(25)13-12-16-7-3-4-10-19(16)22;;/h3-5,7-10,15,20H,6,11-14,22H2,1-2H3;2*1H. The molecule has 0 bridgehead atoms. The third-order valence-corrected chi connectivity index (χ3v) is 5.01. The Morgan fingerprint density at radius 1 is 1.15 bits per heavy atom. The van der Waals surface area contributed by atoms with Crippen molar-refractivity contribution in [2.45, 2.75) is 31.7 Å². The largest absolute Gasteiger partial charge is 0.399 e.